The Balaban J connectivity index is 2.71. The molecule has 0 saturated carbocycles. The molecule has 1 N–H and O–H groups in total. The lowest BCUT2D eigenvalue weighted by molar-refractivity contribution is -0.140. The fraction of sp³-hybridized carbons (Fsp3) is 0.625. The minimum absolute atomic E-state index is 0.135. The molecule has 0 aliphatic carbocycles. The Bertz CT molecular complexity index is 434. The maximum absolute atomic E-state index is 12.4. The van der Waals surface area contributed by atoms with Crippen LogP contribution in [0.15, 0.2) is 18.3 Å². The molecule has 1 aromatic rings. The summed E-state index contributed by atoms with van der Waals surface area (Å²) in [5, 5.41) is 2.86. The summed E-state index contributed by atoms with van der Waals surface area (Å²) in [4.78, 5) is 16.6. The molecular weight excluding hydrogens is 268 g/mol. The summed E-state index contributed by atoms with van der Waals surface area (Å²) in [6, 6.07) is 3.52. The van der Waals surface area contributed by atoms with E-state index in [1.165, 1.54) is 0 Å². The molecule has 0 bridgehead atoms. The normalized spacial score (nSPS) is 13.5. The molecule has 0 aliphatic rings. The topological polar surface area (TPSA) is 60.5 Å². The van der Waals surface area contributed by atoms with Crippen molar-refractivity contribution in [3.8, 4) is 5.88 Å². The number of rotatable bonds is 9. The average Bonchev–Trinajstić information content (AvgIpc) is 2.47. The van der Waals surface area contributed by atoms with E-state index < -0.39 is 5.60 Å². The Morgan fingerprint density at radius 2 is 2.05 bits per heavy atom. The molecule has 0 fully saturated rings. The van der Waals surface area contributed by atoms with Crippen molar-refractivity contribution >= 4 is 11.6 Å². The summed E-state index contributed by atoms with van der Waals surface area (Å²) >= 11 is 0. The number of aromatic nitrogens is 1. The van der Waals surface area contributed by atoms with Gasteiger partial charge >= 0.3 is 0 Å². The van der Waals surface area contributed by atoms with Crippen molar-refractivity contribution in [1.82, 2.24) is 4.98 Å². The lowest BCUT2D eigenvalue weighted by atomic mass is 9.99. The van der Waals surface area contributed by atoms with Crippen molar-refractivity contribution in [2.24, 2.45) is 0 Å². The van der Waals surface area contributed by atoms with Crippen LogP contribution in [-0.4, -0.2) is 29.7 Å². The van der Waals surface area contributed by atoms with Gasteiger partial charge in [-0.1, -0.05) is 20.3 Å². The molecular formula is C16H26N2O3. The SMILES string of the molecule is CCCO[C@](C)(CCC)C(=O)Nc1ccc(OCC)nc1. The van der Waals surface area contributed by atoms with Gasteiger partial charge in [-0.05, 0) is 32.8 Å². The molecule has 118 valence electrons. The second-order valence-electron chi connectivity index (χ2n) is 5.10. The van der Waals surface area contributed by atoms with Gasteiger partial charge in [-0.3, -0.25) is 4.79 Å². The van der Waals surface area contributed by atoms with E-state index in [0.29, 0.717) is 31.2 Å². The number of anilines is 1. The van der Waals surface area contributed by atoms with E-state index in [-0.39, 0.29) is 5.91 Å². The van der Waals surface area contributed by atoms with Crippen LogP contribution in [-0.2, 0) is 9.53 Å². The van der Waals surface area contributed by atoms with E-state index in [0.717, 1.165) is 12.8 Å². The summed E-state index contributed by atoms with van der Waals surface area (Å²) in [5.74, 6) is 0.415. The van der Waals surface area contributed by atoms with Gasteiger partial charge in [0, 0.05) is 12.7 Å². The van der Waals surface area contributed by atoms with Crippen LogP contribution >= 0.6 is 0 Å². The third-order valence-corrected chi connectivity index (χ3v) is 3.12. The summed E-state index contributed by atoms with van der Waals surface area (Å²) < 4.78 is 11.0. The van der Waals surface area contributed by atoms with Gasteiger partial charge in [0.05, 0.1) is 18.5 Å². The first-order chi connectivity index (χ1) is 10.1. The minimum Gasteiger partial charge on any atom is -0.478 e. The van der Waals surface area contributed by atoms with Crippen LogP contribution in [0.3, 0.4) is 0 Å². The maximum atomic E-state index is 12.4. The third kappa shape index (κ3) is 5.34. The smallest absolute Gasteiger partial charge is 0.256 e. The lowest BCUT2D eigenvalue weighted by Gasteiger charge is -2.28. The number of ether oxygens (including phenoxy) is 2. The van der Waals surface area contributed by atoms with Gasteiger partial charge < -0.3 is 14.8 Å². The van der Waals surface area contributed by atoms with Gasteiger partial charge in [-0.15, -0.1) is 0 Å². The number of hydrogen-bond acceptors (Lipinski definition) is 4. The zero-order valence-electron chi connectivity index (χ0n) is 13.4. The predicted octanol–water partition coefficient (Wildman–Crippen LogP) is 3.40. The molecule has 1 rings (SSSR count). The number of carbonyl (C=O) groups is 1. The van der Waals surface area contributed by atoms with Gasteiger partial charge in [0.1, 0.15) is 5.60 Å². The summed E-state index contributed by atoms with van der Waals surface area (Å²) in [6.07, 6.45) is 4.05. The highest BCUT2D eigenvalue weighted by molar-refractivity contribution is 5.96. The van der Waals surface area contributed by atoms with E-state index in [4.69, 9.17) is 9.47 Å². The number of nitrogens with one attached hydrogen (secondary N) is 1. The molecule has 0 saturated heterocycles. The molecule has 0 aliphatic heterocycles. The second kappa shape index (κ2) is 8.62. The third-order valence-electron chi connectivity index (χ3n) is 3.12. The van der Waals surface area contributed by atoms with Crippen LogP contribution in [0.2, 0.25) is 0 Å². The number of nitrogens with zero attached hydrogens (tertiary/aromatic N) is 1. The number of amides is 1. The molecule has 0 aromatic carbocycles. The standard InChI is InChI=1S/C16H26N2O3/c1-5-10-16(4,21-11-6-2)15(19)18-13-8-9-14(17-12-13)20-7-3/h8-9,12H,5-7,10-11H2,1-4H3,(H,18,19)/t16-/m1/s1. The maximum Gasteiger partial charge on any atom is 0.256 e. The van der Waals surface area contributed by atoms with E-state index in [2.05, 4.69) is 10.3 Å². The van der Waals surface area contributed by atoms with E-state index in [1.54, 1.807) is 18.3 Å². The van der Waals surface area contributed by atoms with Crippen LogP contribution in [0.25, 0.3) is 0 Å². The van der Waals surface area contributed by atoms with Gasteiger partial charge in [0.25, 0.3) is 5.91 Å². The fourth-order valence-electron chi connectivity index (χ4n) is 2.01. The van der Waals surface area contributed by atoms with Crippen LogP contribution < -0.4 is 10.1 Å². The summed E-state index contributed by atoms with van der Waals surface area (Å²) in [6.45, 7) is 8.95. The average molecular weight is 294 g/mol. The highest BCUT2D eigenvalue weighted by Gasteiger charge is 2.33. The first-order valence-electron chi connectivity index (χ1n) is 7.60. The molecule has 1 atom stereocenters. The minimum atomic E-state index is -0.802. The molecule has 1 heterocycles. The van der Waals surface area contributed by atoms with Crippen molar-refractivity contribution in [1.29, 1.82) is 0 Å². The number of pyridine rings is 1. The van der Waals surface area contributed by atoms with Crippen LogP contribution in [0.1, 0.15) is 47.0 Å². The van der Waals surface area contributed by atoms with Crippen molar-refractivity contribution in [2.75, 3.05) is 18.5 Å². The van der Waals surface area contributed by atoms with Crippen molar-refractivity contribution in [3.63, 3.8) is 0 Å². The van der Waals surface area contributed by atoms with Crippen LogP contribution in [0.5, 0.6) is 5.88 Å². The quantitative estimate of drug-likeness (QED) is 0.758. The largest absolute Gasteiger partial charge is 0.478 e. The predicted molar refractivity (Wildman–Crippen MR) is 83.6 cm³/mol. The Hall–Kier alpha value is -1.62. The lowest BCUT2D eigenvalue weighted by Crippen LogP contribution is -2.43. The van der Waals surface area contributed by atoms with Gasteiger partial charge in [0.15, 0.2) is 0 Å². The highest BCUT2D eigenvalue weighted by Crippen LogP contribution is 2.21. The zero-order valence-corrected chi connectivity index (χ0v) is 13.4. The Morgan fingerprint density at radius 1 is 1.29 bits per heavy atom. The highest BCUT2D eigenvalue weighted by atomic mass is 16.5. The van der Waals surface area contributed by atoms with Gasteiger partial charge in [-0.2, -0.15) is 0 Å². The molecule has 1 aromatic heterocycles. The van der Waals surface area contributed by atoms with E-state index in [1.807, 2.05) is 27.7 Å². The molecule has 0 unspecified atom stereocenters. The summed E-state index contributed by atoms with van der Waals surface area (Å²) in [7, 11) is 0. The Labute approximate surface area is 127 Å². The molecule has 5 nitrogen and oxygen atoms in total. The molecule has 0 radical (unpaired) electrons. The molecule has 0 spiro atoms. The number of carbonyl (C=O) groups excluding carboxylic acids is 1. The molecule has 21 heavy (non-hydrogen) atoms. The van der Waals surface area contributed by atoms with Crippen LogP contribution in [0.4, 0.5) is 5.69 Å². The molecule has 1 amide bonds. The van der Waals surface area contributed by atoms with Gasteiger partial charge in [-0.25, -0.2) is 4.98 Å². The van der Waals surface area contributed by atoms with Crippen molar-refractivity contribution in [2.45, 2.75) is 52.6 Å². The van der Waals surface area contributed by atoms with Gasteiger partial charge in [0.2, 0.25) is 5.88 Å². The Morgan fingerprint density at radius 3 is 2.57 bits per heavy atom. The first kappa shape index (κ1) is 17.4. The van der Waals surface area contributed by atoms with Crippen LogP contribution in [0, 0.1) is 0 Å². The van der Waals surface area contributed by atoms with E-state index in [9.17, 15) is 4.79 Å². The number of hydrogen-bond donors (Lipinski definition) is 1. The molecule has 5 heteroatoms. The summed E-state index contributed by atoms with van der Waals surface area (Å²) in [5.41, 5.74) is -0.158. The second-order valence-corrected chi connectivity index (χ2v) is 5.10. The monoisotopic (exact) mass is 294 g/mol. The van der Waals surface area contributed by atoms with Crippen molar-refractivity contribution < 1.29 is 14.3 Å². The first-order valence-corrected chi connectivity index (χ1v) is 7.60. The van der Waals surface area contributed by atoms with E-state index >= 15 is 0 Å². The van der Waals surface area contributed by atoms with Crippen molar-refractivity contribution in [3.05, 3.63) is 18.3 Å². The zero-order chi connectivity index (χ0) is 15.7. The fourth-order valence-corrected chi connectivity index (χ4v) is 2.01. The Kier molecular flexibility index (Phi) is 7.15.